The highest BCUT2D eigenvalue weighted by atomic mass is 19.4. The van der Waals surface area contributed by atoms with Gasteiger partial charge in [-0.2, -0.15) is 13.2 Å². The minimum absolute atomic E-state index is 0.287. The van der Waals surface area contributed by atoms with E-state index in [0.717, 1.165) is 17.3 Å². The van der Waals surface area contributed by atoms with Crippen LogP contribution in [0.1, 0.15) is 15.9 Å². The lowest BCUT2D eigenvalue weighted by Gasteiger charge is -2.08. The minimum atomic E-state index is -4.86. The number of hydrogen-bond acceptors (Lipinski definition) is 1. The maximum atomic E-state index is 12.3. The van der Waals surface area contributed by atoms with E-state index in [4.69, 9.17) is 0 Å². The molecule has 0 saturated carbocycles. The Labute approximate surface area is 95.7 Å². The van der Waals surface area contributed by atoms with Crippen LogP contribution in [-0.2, 0) is 0 Å². The molecule has 90 valence electrons. The Morgan fingerprint density at radius 1 is 1.18 bits per heavy atom. The molecule has 1 aromatic heterocycles. The van der Waals surface area contributed by atoms with Crippen LogP contribution in [0.25, 0.3) is 10.9 Å². The average molecular weight is 241 g/mol. The fraction of sp³-hybridized carbons (Fsp3) is 0.250. The van der Waals surface area contributed by atoms with Gasteiger partial charge in [0.05, 0.1) is 5.52 Å². The van der Waals surface area contributed by atoms with E-state index < -0.39 is 12.1 Å². The summed E-state index contributed by atoms with van der Waals surface area (Å²) in [5, 5.41) is 0.630. The molecule has 0 aliphatic carbocycles. The van der Waals surface area contributed by atoms with E-state index in [1.807, 2.05) is 6.92 Å². The number of benzene rings is 1. The van der Waals surface area contributed by atoms with Crippen LogP contribution in [0.2, 0.25) is 0 Å². The Balaban J connectivity index is 2.65. The molecule has 0 fully saturated rings. The van der Waals surface area contributed by atoms with E-state index in [1.165, 1.54) is 6.07 Å². The molecular formula is C12H10F3NO. The highest BCUT2D eigenvalue weighted by Gasteiger charge is 2.40. The molecule has 1 aromatic carbocycles. The molecule has 0 spiro atoms. The van der Waals surface area contributed by atoms with Gasteiger partial charge in [-0.15, -0.1) is 0 Å². The summed E-state index contributed by atoms with van der Waals surface area (Å²) in [4.78, 5) is 11.2. The van der Waals surface area contributed by atoms with Crippen LogP contribution in [-0.4, -0.2) is 16.7 Å². The number of alkyl halides is 3. The second-order valence-electron chi connectivity index (χ2n) is 3.98. The predicted octanol–water partition coefficient (Wildman–Crippen LogP) is 3.46. The second-order valence-corrected chi connectivity index (χ2v) is 3.98. The Morgan fingerprint density at radius 2 is 1.76 bits per heavy atom. The van der Waals surface area contributed by atoms with Gasteiger partial charge in [-0.1, -0.05) is 0 Å². The number of carbonyl (C=O) groups is 1. The summed E-state index contributed by atoms with van der Waals surface area (Å²) in [5.41, 5.74) is 2.12. The maximum absolute atomic E-state index is 12.3. The minimum Gasteiger partial charge on any atom is -0.279 e. The summed E-state index contributed by atoms with van der Waals surface area (Å²) >= 11 is 0. The van der Waals surface area contributed by atoms with Gasteiger partial charge in [0.1, 0.15) is 0 Å². The van der Waals surface area contributed by atoms with E-state index in [9.17, 15) is 18.0 Å². The second kappa shape index (κ2) is 3.61. The lowest BCUT2D eigenvalue weighted by Crippen LogP contribution is -2.28. The molecule has 1 heterocycles. The molecule has 0 saturated heterocycles. The molecule has 2 aromatic rings. The Kier molecular flexibility index (Phi) is 2.49. The Hall–Kier alpha value is -1.78. The first kappa shape index (κ1) is 11.7. The normalized spacial score (nSPS) is 12.1. The fourth-order valence-corrected chi connectivity index (χ4v) is 1.71. The third kappa shape index (κ3) is 1.92. The van der Waals surface area contributed by atoms with E-state index in [-0.39, 0.29) is 5.52 Å². The van der Waals surface area contributed by atoms with Crippen LogP contribution in [0.5, 0.6) is 0 Å². The molecular weight excluding hydrogens is 231 g/mol. The van der Waals surface area contributed by atoms with Crippen molar-refractivity contribution in [1.82, 2.24) is 4.57 Å². The fourth-order valence-electron chi connectivity index (χ4n) is 1.71. The van der Waals surface area contributed by atoms with E-state index in [0.29, 0.717) is 9.95 Å². The van der Waals surface area contributed by atoms with Crippen molar-refractivity contribution in [2.24, 2.45) is 0 Å². The third-order valence-corrected chi connectivity index (χ3v) is 2.77. The Morgan fingerprint density at radius 3 is 2.35 bits per heavy atom. The molecule has 0 unspecified atom stereocenters. The molecule has 0 amide bonds. The van der Waals surface area contributed by atoms with E-state index in [1.54, 1.807) is 19.1 Å². The first-order valence-corrected chi connectivity index (χ1v) is 5.00. The Bertz CT molecular complexity index is 596. The average Bonchev–Trinajstić information content (AvgIpc) is 2.59. The van der Waals surface area contributed by atoms with Crippen LogP contribution in [0.4, 0.5) is 13.2 Å². The maximum Gasteiger partial charge on any atom is 0.472 e. The third-order valence-electron chi connectivity index (χ3n) is 2.77. The van der Waals surface area contributed by atoms with Gasteiger partial charge < -0.3 is 0 Å². The summed E-state index contributed by atoms with van der Waals surface area (Å²) in [6.45, 7) is 3.67. The number of hydrogen-bond donors (Lipinski definition) is 0. The summed E-state index contributed by atoms with van der Waals surface area (Å²) in [6.07, 6.45) is -3.70. The molecule has 0 bridgehead atoms. The topological polar surface area (TPSA) is 22.0 Å². The summed E-state index contributed by atoms with van der Waals surface area (Å²) in [6, 6.07) is 4.87. The van der Waals surface area contributed by atoms with Crippen LogP contribution >= 0.6 is 0 Å². The first-order valence-electron chi connectivity index (χ1n) is 5.00. The van der Waals surface area contributed by atoms with Crippen molar-refractivity contribution in [1.29, 1.82) is 0 Å². The van der Waals surface area contributed by atoms with E-state index in [2.05, 4.69) is 0 Å². The van der Waals surface area contributed by atoms with Gasteiger partial charge in [-0.25, -0.2) is 0 Å². The van der Waals surface area contributed by atoms with Gasteiger partial charge in [0.2, 0.25) is 0 Å². The molecule has 0 aliphatic rings. The molecule has 5 heteroatoms. The molecule has 17 heavy (non-hydrogen) atoms. The van der Waals surface area contributed by atoms with Gasteiger partial charge in [0.15, 0.2) is 0 Å². The van der Waals surface area contributed by atoms with Gasteiger partial charge in [-0.05, 0) is 43.2 Å². The zero-order valence-electron chi connectivity index (χ0n) is 9.30. The lowest BCUT2D eigenvalue weighted by atomic mass is 10.1. The quantitative estimate of drug-likeness (QED) is 0.692. The largest absolute Gasteiger partial charge is 0.472 e. The van der Waals surface area contributed by atoms with Crippen molar-refractivity contribution < 1.29 is 18.0 Å². The van der Waals surface area contributed by atoms with Gasteiger partial charge in [-0.3, -0.25) is 9.36 Å². The van der Waals surface area contributed by atoms with Crippen molar-refractivity contribution in [3.05, 3.63) is 35.5 Å². The molecule has 2 rings (SSSR count). The van der Waals surface area contributed by atoms with E-state index >= 15 is 0 Å². The van der Waals surface area contributed by atoms with Gasteiger partial charge >= 0.3 is 12.1 Å². The predicted molar refractivity (Wildman–Crippen MR) is 58.1 cm³/mol. The van der Waals surface area contributed by atoms with Crippen LogP contribution in [0.3, 0.4) is 0 Å². The summed E-state index contributed by atoms with van der Waals surface area (Å²) in [5.74, 6) is -1.87. The SMILES string of the molecule is Cc1cc2ccn(C(=O)C(F)(F)F)c2cc1C. The first-order chi connectivity index (χ1) is 7.80. The van der Waals surface area contributed by atoms with Gasteiger partial charge in [0, 0.05) is 11.6 Å². The molecule has 0 aliphatic heterocycles. The highest BCUT2D eigenvalue weighted by molar-refractivity contribution is 5.95. The summed E-state index contributed by atoms with van der Waals surface area (Å²) < 4.78 is 37.7. The zero-order valence-corrected chi connectivity index (χ0v) is 9.30. The number of rotatable bonds is 0. The van der Waals surface area contributed by atoms with Crippen molar-refractivity contribution in [2.75, 3.05) is 0 Å². The van der Waals surface area contributed by atoms with Crippen molar-refractivity contribution in [2.45, 2.75) is 20.0 Å². The number of aromatic nitrogens is 1. The highest BCUT2D eigenvalue weighted by Crippen LogP contribution is 2.24. The van der Waals surface area contributed by atoms with Crippen LogP contribution in [0.15, 0.2) is 24.4 Å². The van der Waals surface area contributed by atoms with Gasteiger partial charge in [0.25, 0.3) is 0 Å². The number of aryl methyl sites for hydroxylation is 2. The molecule has 2 nitrogen and oxygen atoms in total. The molecule has 0 atom stereocenters. The number of carbonyl (C=O) groups excluding carboxylic acids is 1. The van der Waals surface area contributed by atoms with Crippen LogP contribution < -0.4 is 0 Å². The van der Waals surface area contributed by atoms with Crippen molar-refractivity contribution >= 4 is 16.8 Å². The number of halogens is 3. The molecule has 0 radical (unpaired) electrons. The lowest BCUT2D eigenvalue weighted by molar-refractivity contribution is -0.0942. The smallest absolute Gasteiger partial charge is 0.279 e. The molecule has 0 N–H and O–H groups in total. The monoisotopic (exact) mass is 241 g/mol. The number of nitrogens with zero attached hydrogens (tertiary/aromatic N) is 1. The van der Waals surface area contributed by atoms with Crippen LogP contribution in [0, 0.1) is 13.8 Å². The van der Waals surface area contributed by atoms with Crippen molar-refractivity contribution in [3.8, 4) is 0 Å². The number of fused-ring (bicyclic) bond motifs is 1. The van der Waals surface area contributed by atoms with Crippen molar-refractivity contribution in [3.63, 3.8) is 0 Å². The summed E-state index contributed by atoms with van der Waals surface area (Å²) in [7, 11) is 0. The zero-order chi connectivity index (χ0) is 12.8. The standard InChI is InChI=1S/C12H10F3NO/c1-7-5-9-3-4-16(10(9)6-8(7)2)11(17)12(13,14)15/h3-6H,1-2H3.